The molecule has 1 heterocycles. The van der Waals surface area contributed by atoms with E-state index in [0.717, 1.165) is 0 Å². The molecular formula is C11H16ClN3O2. The van der Waals surface area contributed by atoms with Gasteiger partial charge in [0.15, 0.2) is 0 Å². The van der Waals surface area contributed by atoms with Gasteiger partial charge in [0.05, 0.1) is 17.4 Å². The molecule has 1 atom stereocenters. The maximum Gasteiger partial charge on any atom is 0.241 e. The van der Waals surface area contributed by atoms with Crippen LogP contribution in [0.4, 0.5) is 5.69 Å². The maximum atomic E-state index is 11.7. The Balaban J connectivity index is 2.61. The third-order valence-corrected chi connectivity index (χ3v) is 2.49. The number of aromatic nitrogens is 1. The second kappa shape index (κ2) is 6.54. The molecule has 0 fully saturated rings. The molecule has 6 heteroatoms. The van der Waals surface area contributed by atoms with Crippen molar-refractivity contribution in [2.45, 2.75) is 19.4 Å². The van der Waals surface area contributed by atoms with E-state index in [-0.39, 0.29) is 5.91 Å². The highest BCUT2D eigenvalue weighted by Crippen LogP contribution is 2.15. The Hall–Kier alpha value is -1.17. The monoisotopic (exact) mass is 257 g/mol. The summed E-state index contributed by atoms with van der Waals surface area (Å²) < 4.78 is 4.86. The highest BCUT2D eigenvalue weighted by Gasteiger charge is 2.14. The lowest BCUT2D eigenvalue weighted by Gasteiger charge is -2.12. The van der Waals surface area contributed by atoms with Gasteiger partial charge in [-0.3, -0.25) is 4.79 Å². The highest BCUT2D eigenvalue weighted by atomic mass is 35.5. The molecule has 94 valence electrons. The van der Waals surface area contributed by atoms with Crippen LogP contribution in [0.2, 0.25) is 5.15 Å². The van der Waals surface area contributed by atoms with Gasteiger partial charge in [-0.25, -0.2) is 4.98 Å². The lowest BCUT2D eigenvalue weighted by molar-refractivity contribution is -0.117. The zero-order chi connectivity index (χ0) is 12.8. The summed E-state index contributed by atoms with van der Waals surface area (Å²) in [6, 6.07) is 2.72. The number of halogens is 1. The molecule has 0 aromatic carbocycles. The van der Waals surface area contributed by atoms with Crippen molar-refractivity contribution in [3.8, 4) is 0 Å². The summed E-state index contributed by atoms with van der Waals surface area (Å²) in [5, 5.41) is 3.10. The molecule has 5 nitrogen and oxygen atoms in total. The van der Waals surface area contributed by atoms with E-state index in [1.807, 2.05) is 0 Å². The van der Waals surface area contributed by atoms with Crippen molar-refractivity contribution in [2.75, 3.05) is 19.0 Å². The Morgan fingerprint density at radius 3 is 2.94 bits per heavy atom. The van der Waals surface area contributed by atoms with Gasteiger partial charge in [0, 0.05) is 13.7 Å². The van der Waals surface area contributed by atoms with Crippen LogP contribution in [0.15, 0.2) is 12.1 Å². The first kappa shape index (κ1) is 13.9. The van der Waals surface area contributed by atoms with E-state index in [1.165, 1.54) is 0 Å². The van der Waals surface area contributed by atoms with E-state index in [9.17, 15) is 4.79 Å². The zero-order valence-electron chi connectivity index (χ0n) is 9.87. The van der Waals surface area contributed by atoms with Crippen LogP contribution in [0.1, 0.15) is 12.1 Å². The number of aryl methyl sites for hydroxylation is 1. The third kappa shape index (κ3) is 4.30. The van der Waals surface area contributed by atoms with Gasteiger partial charge in [0.2, 0.25) is 5.91 Å². The summed E-state index contributed by atoms with van der Waals surface area (Å²) in [4.78, 5) is 15.7. The number of hydrogen-bond acceptors (Lipinski definition) is 4. The molecule has 1 rings (SSSR count). The average Bonchev–Trinajstić information content (AvgIpc) is 2.29. The fraction of sp³-hybridized carbons (Fsp3) is 0.455. The Morgan fingerprint density at radius 2 is 2.35 bits per heavy atom. The number of anilines is 1. The van der Waals surface area contributed by atoms with Crippen LogP contribution < -0.4 is 11.1 Å². The van der Waals surface area contributed by atoms with Crippen LogP contribution >= 0.6 is 11.6 Å². The van der Waals surface area contributed by atoms with Crippen LogP contribution in [0.25, 0.3) is 0 Å². The minimum Gasteiger partial charge on any atom is -0.385 e. The number of amides is 1. The normalized spacial score (nSPS) is 12.2. The topological polar surface area (TPSA) is 77.2 Å². The number of nitrogens with one attached hydrogen (secondary N) is 1. The van der Waals surface area contributed by atoms with Gasteiger partial charge < -0.3 is 15.8 Å². The van der Waals surface area contributed by atoms with Crippen LogP contribution in [-0.2, 0) is 9.53 Å². The number of pyridine rings is 1. The summed E-state index contributed by atoms with van der Waals surface area (Å²) in [6.45, 7) is 2.22. The molecule has 0 aliphatic carbocycles. The molecule has 0 aliphatic heterocycles. The number of carbonyl (C=O) groups is 1. The van der Waals surface area contributed by atoms with Crippen molar-refractivity contribution >= 4 is 23.2 Å². The predicted octanol–water partition coefficient (Wildman–Crippen LogP) is 1.35. The number of carbonyl (C=O) groups excluding carboxylic acids is 1. The van der Waals surface area contributed by atoms with E-state index >= 15 is 0 Å². The summed E-state index contributed by atoms with van der Waals surface area (Å²) >= 11 is 5.72. The SMILES string of the molecule is COCCC(N)C(=O)Nc1ccc(Cl)nc1C. The Bertz CT molecular complexity index is 398. The molecule has 0 saturated heterocycles. The Morgan fingerprint density at radius 1 is 1.65 bits per heavy atom. The van der Waals surface area contributed by atoms with Crippen molar-refractivity contribution in [1.29, 1.82) is 0 Å². The first-order valence-electron chi connectivity index (χ1n) is 5.23. The molecule has 17 heavy (non-hydrogen) atoms. The van der Waals surface area contributed by atoms with Gasteiger partial charge in [-0.1, -0.05) is 11.6 Å². The molecule has 0 bridgehead atoms. The number of nitrogens with two attached hydrogens (primary N) is 1. The van der Waals surface area contributed by atoms with Crippen LogP contribution in [-0.4, -0.2) is 30.6 Å². The Kier molecular flexibility index (Phi) is 5.34. The molecule has 1 aromatic rings. The minimum atomic E-state index is -0.593. The van der Waals surface area contributed by atoms with Gasteiger partial charge >= 0.3 is 0 Å². The summed E-state index contributed by atoms with van der Waals surface area (Å²) in [6.07, 6.45) is 0.475. The quantitative estimate of drug-likeness (QED) is 0.781. The largest absolute Gasteiger partial charge is 0.385 e. The molecule has 1 unspecified atom stereocenters. The highest BCUT2D eigenvalue weighted by molar-refractivity contribution is 6.29. The van der Waals surface area contributed by atoms with Gasteiger partial charge in [-0.05, 0) is 25.5 Å². The average molecular weight is 258 g/mol. The van der Waals surface area contributed by atoms with Gasteiger partial charge in [0.25, 0.3) is 0 Å². The van der Waals surface area contributed by atoms with Crippen LogP contribution in [0.5, 0.6) is 0 Å². The second-order valence-corrected chi connectivity index (χ2v) is 4.03. The van der Waals surface area contributed by atoms with Crippen LogP contribution in [0, 0.1) is 6.92 Å². The lowest BCUT2D eigenvalue weighted by Crippen LogP contribution is -2.36. The fourth-order valence-corrected chi connectivity index (χ4v) is 1.45. The van der Waals surface area contributed by atoms with Crippen LogP contribution in [0.3, 0.4) is 0 Å². The summed E-state index contributed by atoms with van der Waals surface area (Å²) in [5.74, 6) is -0.255. The minimum absolute atomic E-state index is 0.255. The van der Waals surface area contributed by atoms with Gasteiger partial charge in [-0.15, -0.1) is 0 Å². The van der Waals surface area contributed by atoms with Gasteiger partial charge in [0.1, 0.15) is 5.15 Å². The number of methoxy groups -OCH3 is 1. The molecule has 0 aliphatic rings. The maximum absolute atomic E-state index is 11.7. The van der Waals surface area contributed by atoms with E-state index in [4.69, 9.17) is 22.1 Å². The van der Waals surface area contributed by atoms with E-state index in [2.05, 4.69) is 10.3 Å². The van der Waals surface area contributed by atoms with Crippen molar-refractivity contribution in [2.24, 2.45) is 5.73 Å². The first-order chi connectivity index (χ1) is 8.04. The molecule has 0 spiro atoms. The molecule has 0 saturated carbocycles. The first-order valence-corrected chi connectivity index (χ1v) is 5.61. The van der Waals surface area contributed by atoms with E-state index < -0.39 is 6.04 Å². The van der Waals surface area contributed by atoms with E-state index in [0.29, 0.717) is 29.6 Å². The smallest absolute Gasteiger partial charge is 0.241 e. The molecule has 1 aromatic heterocycles. The van der Waals surface area contributed by atoms with Crippen molar-refractivity contribution < 1.29 is 9.53 Å². The fourth-order valence-electron chi connectivity index (χ4n) is 1.26. The van der Waals surface area contributed by atoms with Gasteiger partial charge in [-0.2, -0.15) is 0 Å². The van der Waals surface area contributed by atoms with Crippen molar-refractivity contribution in [3.63, 3.8) is 0 Å². The zero-order valence-corrected chi connectivity index (χ0v) is 10.6. The number of ether oxygens (including phenoxy) is 1. The lowest BCUT2D eigenvalue weighted by atomic mass is 10.2. The molecule has 3 N–H and O–H groups in total. The number of nitrogens with zero attached hydrogens (tertiary/aromatic N) is 1. The number of hydrogen-bond donors (Lipinski definition) is 2. The standard InChI is InChI=1S/C11H16ClN3O2/c1-7-9(3-4-10(12)14-7)15-11(16)8(13)5-6-17-2/h3-4,8H,5-6,13H2,1-2H3,(H,15,16). The summed E-state index contributed by atoms with van der Waals surface area (Å²) in [7, 11) is 1.57. The second-order valence-electron chi connectivity index (χ2n) is 3.64. The predicted molar refractivity (Wildman–Crippen MR) is 67.1 cm³/mol. The third-order valence-electron chi connectivity index (χ3n) is 2.28. The number of rotatable bonds is 5. The van der Waals surface area contributed by atoms with Crippen molar-refractivity contribution in [1.82, 2.24) is 4.98 Å². The Labute approximate surface area is 105 Å². The molecule has 1 amide bonds. The molecule has 0 radical (unpaired) electrons. The molecular weight excluding hydrogens is 242 g/mol. The van der Waals surface area contributed by atoms with E-state index in [1.54, 1.807) is 26.2 Å². The summed E-state index contributed by atoms with van der Waals surface area (Å²) in [5.41, 5.74) is 6.97. The van der Waals surface area contributed by atoms with Crippen molar-refractivity contribution in [3.05, 3.63) is 23.0 Å².